The summed E-state index contributed by atoms with van der Waals surface area (Å²) >= 11 is 0. The van der Waals surface area contributed by atoms with Gasteiger partial charge in [-0.15, -0.1) is 0 Å². The molecule has 0 spiro atoms. The van der Waals surface area contributed by atoms with Crippen LogP contribution in [0.1, 0.15) is 16.7 Å². The van der Waals surface area contributed by atoms with Crippen molar-refractivity contribution >= 4 is 11.0 Å². The molecule has 102 valence electrons. The summed E-state index contributed by atoms with van der Waals surface area (Å²) in [6, 6.07) is 12.6. The van der Waals surface area contributed by atoms with Crippen LogP contribution in [0.5, 0.6) is 0 Å². The van der Waals surface area contributed by atoms with Gasteiger partial charge in [-0.3, -0.25) is 0 Å². The molecule has 0 atom stereocenters. The standard InChI is InChI=1S/C17H19N3/c1-11-5-4-6-14(12(11)2)17-19-15-9-13(10-18)7-8-16(15)20(17)3/h4-9H,10,18H2,1-3H3. The number of rotatable bonds is 2. The van der Waals surface area contributed by atoms with Crippen LogP contribution in [0.25, 0.3) is 22.4 Å². The van der Waals surface area contributed by atoms with Crippen LogP contribution in [0.3, 0.4) is 0 Å². The van der Waals surface area contributed by atoms with Crippen molar-refractivity contribution in [1.29, 1.82) is 0 Å². The van der Waals surface area contributed by atoms with E-state index in [0.717, 1.165) is 22.4 Å². The fourth-order valence-electron chi connectivity index (χ4n) is 2.61. The highest BCUT2D eigenvalue weighted by Gasteiger charge is 2.12. The van der Waals surface area contributed by atoms with Gasteiger partial charge in [0.25, 0.3) is 0 Å². The molecule has 0 aliphatic heterocycles. The molecule has 2 N–H and O–H groups in total. The van der Waals surface area contributed by atoms with Crippen LogP contribution < -0.4 is 5.73 Å². The molecule has 0 aliphatic rings. The molecular formula is C17H19N3. The molecule has 20 heavy (non-hydrogen) atoms. The molecule has 2 aromatic carbocycles. The first-order valence-corrected chi connectivity index (χ1v) is 6.84. The van der Waals surface area contributed by atoms with Crippen molar-refractivity contribution in [2.75, 3.05) is 0 Å². The van der Waals surface area contributed by atoms with E-state index in [2.05, 4.69) is 61.9 Å². The lowest BCUT2D eigenvalue weighted by molar-refractivity contribution is 0.956. The van der Waals surface area contributed by atoms with E-state index in [4.69, 9.17) is 10.7 Å². The molecule has 0 saturated heterocycles. The molecule has 3 heteroatoms. The third-order valence-corrected chi connectivity index (χ3v) is 4.03. The van der Waals surface area contributed by atoms with Crippen molar-refractivity contribution < 1.29 is 0 Å². The van der Waals surface area contributed by atoms with E-state index < -0.39 is 0 Å². The van der Waals surface area contributed by atoms with Gasteiger partial charge in [-0.25, -0.2) is 4.98 Å². The van der Waals surface area contributed by atoms with Crippen molar-refractivity contribution in [3.05, 3.63) is 53.1 Å². The van der Waals surface area contributed by atoms with Gasteiger partial charge < -0.3 is 10.3 Å². The highest BCUT2D eigenvalue weighted by Crippen LogP contribution is 2.28. The monoisotopic (exact) mass is 265 g/mol. The van der Waals surface area contributed by atoms with Gasteiger partial charge in [0.05, 0.1) is 11.0 Å². The summed E-state index contributed by atoms with van der Waals surface area (Å²) in [5, 5.41) is 0. The van der Waals surface area contributed by atoms with Crippen molar-refractivity contribution in [3.8, 4) is 11.4 Å². The Labute approximate surface area is 119 Å². The molecule has 0 saturated carbocycles. The summed E-state index contributed by atoms with van der Waals surface area (Å²) in [7, 11) is 2.06. The minimum Gasteiger partial charge on any atom is -0.327 e. The van der Waals surface area contributed by atoms with Gasteiger partial charge in [-0.2, -0.15) is 0 Å². The SMILES string of the molecule is Cc1cccc(-c2nc3cc(CN)ccc3n2C)c1C. The zero-order valence-electron chi connectivity index (χ0n) is 12.1. The number of imidazole rings is 1. The quantitative estimate of drug-likeness (QED) is 0.772. The minimum absolute atomic E-state index is 0.547. The zero-order chi connectivity index (χ0) is 14.3. The number of nitrogens with two attached hydrogens (primary N) is 1. The number of aromatic nitrogens is 2. The van der Waals surface area contributed by atoms with Crippen molar-refractivity contribution in [2.24, 2.45) is 12.8 Å². The fraction of sp³-hybridized carbons (Fsp3) is 0.235. The largest absolute Gasteiger partial charge is 0.327 e. The van der Waals surface area contributed by atoms with Crippen molar-refractivity contribution in [3.63, 3.8) is 0 Å². The smallest absolute Gasteiger partial charge is 0.141 e. The van der Waals surface area contributed by atoms with Gasteiger partial charge in [-0.1, -0.05) is 24.3 Å². The van der Waals surface area contributed by atoms with Crippen LogP contribution in [-0.4, -0.2) is 9.55 Å². The van der Waals surface area contributed by atoms with Crippen LogP contribution in [0.15, 0.2) is 36.4 Å². The van der Waals surface area contributed by atoms with Crippen molar-refractivity contribution in [2.45, 2.75) is 20.4 Å². The van der Waals surface area contributed by atoms with Crippen LogP contribution in [-0.2, 0) is 13.6 Å². The molecule has 0 unspecified atom stereocenters. The molecule has 0 fully saturated rings. The number of fused-ring (bicyclic) bond motifs is 1. The number of aryl methyl sites for hydroxylation is 2. The Morgan fingerprint density at radius 3 is 2.70 bits per heavy atom. The molecule has 3 nitrogen and oxygen atoms in total. The number of hydrogen-bond donors (Lipinski definition) is 1. The van der Waals surface area contributed by atoms with Crippen LogP contribution in [0.4, 0.5) is 0 Å². The minimum atomic E-state index is 0.547. The lowest BCUT2D eigenvalue weighted by Gasteiger charge is -2.08. The maximum atomic E-state index is 5.71. The summed E-state index contributed by atoms with van der Waals surface area (Å²) in [6.45, 7) is 4.83. The lowest BCUT2D eigenvalue weighted by atomic mass is 10.0. The molecule has 3 rings (SSSR count). The predicted molar refractivity (Wildman–Crippen MR) is 83.5 cm³/mol. The summed E-state index contributed by atoms with van der Waals surface area (Å²) < 4.78 is 2.15. The second-order valence-electron chi connectivity index (χ2n) is 5.27. The van der Waals surface area contributed by atoms with Crippen LogP contribution in [0, 0.1) is 13.8 Å². The van der Waals surface area contributed by atoms with Gasteiger partial charge in [0, 0.05) is 19.2 Å². The summed E-state index contributed by atoms with van der Waals surface area (Å²) in [5.41, 5.74) is 12.7. The van der Waals surface area contributed by atoms with E-state index in [1.807, 2.05) is 0 Å². The molecule has 3 aromatic rings. The van der Waals surface area contributed by atoms with E-state index in [-0.39, 0.29) is 0 Å². The normalized spacial score (nSPS) is 11.2. The van der Waals surface area contributed by atoms with E-state index >= 15 is 0 Å². The van der Waals surface area contributed by atoms with E-state index in [9.17, 15) is 0 Å². The third-order valence-electron chi connectivity index (χ3n) is 4.03. The molecule has 0 aliphatic carbocycles. The predicted octanol–water partition coefficient (Wildman–Crippen LogP) is 3.32. The van der Waals surface area contributed by atoms with Gasteiger partial charge in [0.15, 0.2) is 0 Å². The first kappa shape index (κ1) is 12.9. The average molecular weight is 265 g/mol. The average Bonchev–Trinajstić information content (AvgIpc) is 2.78. The number of benzene rings is 2. The Morgan fingerprint density at radius 1 is 1.15 bits per heavy atom. The van der Waals surface area contributed by atoms with Crippen LogP contribution in [0.2, 0.25) is 0 Å². The Bertz CT molecular complexity index is 784. The molecule has 0 amide bonds. The van der Waals surface area contributed by atoms with Gasteiger partial charge in [0.1, 0.15) is 5.82 Å². The lowest BCUT2D eigenvalue weighted by Crippen LogP contribution is -1.96. The summed E-state index contributed by atoms with van der Waals surface area (Å²) in [5.74, 6) is 1.01. The van der Waals surface area contributed by atoms with Gasteiger partial charge in [-0.05, 0) is 42.7 Å². The molecule has 1 aromatic heterocycles. The highest BCUT2D eigenvalue weighted by atomic mass is 15.1. The third kappa shape index (κ3) is 1.91. The topological polar surface area (TPSA) is 43.8 Å². The van der Waals surface area contributed by atoms with E-state index in [0.29, 0.717) is 6.54 Å². The molecule has 0 radical (unpaired) electrons. The molecular weight excluding hydrogens is 246 g/mol. The second-order valence-corrected chi connectivity index (χ2v) is 5.27. The molecule has 1 heterocycles. The Hall–Kier alpha value is -2.13. The second kappa shape index (κ2) is 4.76. The summed E-state index contributed by atoms with van der Waals surface area (Å²) in [6.07, 6.45) is 0. The maximum absolute atomic E-state index is 5.71. The Kier molecular flexibility index (Phi) is 3.07. The van der Waals surface area contributed by atoms with Crippen LogP contribution >= 0.6 is 0 Å². The number of hydrogen-bond acceptors (Lipinski definition) is 2. The number of nitrogens with zero attached hydrogens (tertiary/aromatic N) is 2. The van der Waals surface area contributed by atoms with Gasteiger partial charge in [0.2, 0.25) is 0 Å². The fourth-order valence-corrected chi connectivity index (χ4v) is 2.61. The van der Waals surface area contributed by atoms with E-state index in [1.54, 1.807) is 0 Å². The Balaban J connectivity index is 2.26. The summed E-state index contributed by atoms with van der Waals surface area (Å²) in [4.78, 5) is 4.80. The maximum Gasteiger partial charge on any atom is 0.141 e. The first-order valence-electron chi connectivity index (χ1n) is 6.84. The zero-order valence-corrected chi connectivity index (χ0v) is 12.1. The highest BCUT2D eigenvalue weighted by molar-refractivity contribution is 5.82. The van der Waals surface area contributed by atoms with E-state index in [1.165, 1.54) is 16.7 Å². The molecule has 0 bridgehead atoms. The Morgan fingerprint density at radius 2 is 1.95 bits per heavy atom. The first-order chi connectivity index (χ1) is 9.61. The van der Waals surface area contributed by atoms with Crippen molar-refractivity contribution in [1.82, 2.24) is 9.55 Å². The van der Waals surface area contributed by atoms with Gasteiger partial charge >= 0.3 is 0 Å².